The minimum Gasteiger partial charge on any atom is -0.496 e. The number of methoxy groups -OCH3 is 1. The summed E-state index contributed by atoms with van der Waals surface area (Å²) < 4.78 is 7.92. The number of imidazole rings is 1. The molecule has 0 unspecified atom stereocenters. The van der Waals surface area contributed by atoms with Crippen LogP contribution in [0.25, 0.3) is 22.1 Å². The number of fused-ring (bicyclic) bond motifs is 3. The van der Waals surface area contributed by atoms with Crippen LogP contribution in [-0.2, 0) is 0 Å². The molecule has 0 aliphatic rings. The van der Waals surface area contributed by atoms with Gasteiger partial charge in [0.05, 0.1) is 22.7 Å². The Bertz CT molecular complexity index is 1220. The maximum absolute atomic E-state index is 12.9. The minimum atomic E-state index is -0.0430. The monoisotopic (exact) mass is 379 g/mol. The Kier molecular flexibility index (Phi) is 4.58. The first-order valence-electron chi connectivity index (χ1n) is 9.01. The summed E-state index contributed by atoms with van der Waals surface area (Å²) in [4.78, 5) is 20.5. The predicted octanol–water partition coefficient (Wildman–Crippen LogP) is 3.31. The smallest absolute Gasteiger partial charge is 0.274 e. The van der Waals surface area contributed by atoms with Crippen molar-refractivity contribution < 1.29 is 4.74 Å². The Morgan fingerprint density at radius 3 is 2.70 bits per heavy atom. The lowest BCUT2D eigenvalue weighted by Gasteiger charge is -2.22. The van der Waals surface area contributed by atoms with Crippen molar-refractivity contribution >= 4 is 39.1 Å². The molecule has 138 valence electrons. The summed E-state index contributed by atoms with van der Waals surface area (Å²) in [6, 6.07) is 13.8. The molecule has 27 heavy (non-hydrogen) atoms. The zero-order chi connectivity index (χ0) is 19.0. The van der Waals surface area contributed by atoms with Gasteiger partial charge in [0.25, 0.3) is 5.56 Å². The van der Waals surface area contributed by atoms with E-state index in [1.165, 1.54) is 11.3 Å². The van der Waals surface area contributed by atoms with Crippen molar-refractivity contribution in [1.82, 2.24) is 9.38 Å². The third kappa shape index (κ3) is 2.96. The van der Waals surface area contributed by atoms with E-state index in [9.17, 15) is 4.79 Å². The molecule has 0 N–H and O–H groups in total. The molecule has 0 aliphatic heterocycles. The maximum Gasteiger partial charge on any atom is 0.274 e. The molecule has 0 spiro atoms. The van der Waals surface area contributed by atoms with E-state index in [0.29, 0.717) is 9.49 Å². The molecule has 0 radical (unpaired) electrons. The lowest BCUT2D eigenvalue weighted by atomic mass is 10.1. The molecule has 4 aromatic rings. The molecule has 0 amide bonds. The number of rotatable bonds is 5. The highest BCUT2D eigenvalue weighted by molar-refractivity contribution is 7.15. The van der Waals surface area contributed by atoms with E-state index in [1.807, 2.05) is 42.5 Å². The molecular weight excluding hydrogens is 358 g/mol. The molecule has 0 saturated carbocycles. The van der Waals surface area contributed by atoms with E-state index in [0.717, 1.165) is 41.1 Å². The fourth-order valence-corrected chi connectivity index (χ4v) is 4.34. The van der Waals surface area contributed by atoms with Crippen molar-refractivity contribution in [3.63, 3.8) is 0 Å². The Hall–Kier alpha value is -2.86. The molecule has 2 aromatic heterocycles. The van der Waals surface area contributed by atoms with Gasteiger partial charge in [0.2, 0.25) is 0 Å². The quantitative estimate of drug-likeness (QED) is 0.534. The number of aromatic nitrogens is 2. The van der Waals surface area contributed by atoms with Crippen molar-refractivity contribution in [2.75, 3.05) is 25.1 Å². The highest BCUT2D eigenvalue weighted by atomic mass is 32.1. The van der Waals surface area contributed by atoms with E-state index >= 15 is 0 Å². The number of thiazole rings is 1. The van der Waals surface area contributed by atoms with Gasteiger partial charge in [-0.15, -0.1) is 0 Å². The van der Waals surface area contributed by atoms with Crippen LogP contribution in [0.5, 0.6) is 5.75 Å². The van der Waals surface area contributed by atoms with E-state index in [4.69, 9.17) is 4.74 Å². The maximum atomic E-state index is 12.9. The third-order valence-corrected chi connectivity index (χ3v) is 5.75. The predicted molar refractivity (Wildman–Crippen MR) is 112 cm³/mol. The van der Waals surface area contributed by atoms with Crippen molar-refractivity contribution in [2.45, 2.75) is 13.8 Å². The number of para-hydroxylation sites is 2. The average Bonchev–Trinajstić information content (AvgIpc) is 3.20. The van der Waals surface area contributed by atoms with Crippen LogP contribution in [-0.4, -0.2) is 29.6 Å². The van der Waals surface area contributed by atoms with E-state index < -0.39 is 0 Å². The molecule has 6 heteroatoms. The van der Waals surface area contributed by atoms with Gasteiger partial charge in [-0.25, -0.2) is 9.38 Å². The van der Waals surface area contributed by atoms with Crippen LogP contribution in [0, 0.1) is 0 Å². The zero-order valence-corrected chi connectivity index (χ0v) is 16.4. The summed E-state index contributed by atoms with van der Waals surface area (Å²) in [6.07, 6.45) is 1.89. The summed E-state index contributed by atoms with van der Waals surface area (Å²) in [6.45, 7) is 6.13. The zero-order valence-electron chi connectivity index (χ0n) is 15.6. The van der Waals surface area contributed by atoms with Crippen molar-refractivity contribution in [3.05, 3.63) is 62.9 Å². The highest BCUT2D eigenvalue weighted by Crippen LogP contribution is 2.26. The highest BCUT2D eigenvalue weighted by Gasteiger charge is 2.12. The van der Waals surface area contributed by atoms with Gasteiger partial charge in [-0.3, -0.25) is 4.79 Å². The molecular formula is C21H21N3O2S. The molecule has 0 atom stereocenters. The van der Waals surface area contributed by atoms with E-state index in [-0.39, 0.29) is 5.56 Å². The summed E-state index contributed by atoms with van der Waals surface area (Å²) >= 11 is 1.40. The Morgan fingerprint density at radius 2 is 1.96 bits per heavy atom. The summed E-state index contributed by atoms with van der Waals surface area (Å²) in [5.74, 6) is 0.759. The van der Waals surface area contributed by atoms with Crippen LogP contribution in [0.4, 0.5) is 5.69 Å². The second-order valence-corrected chi connectivity index (χ2v) is 7.24. The molecule has 0 saturated heterocycles. The van der Waals surface area contributed by atoms with Gasteiger partial charge in [-0.05, 0) is 44.2 Å². The molecule has 2 heterocycles. The number of hydrogen-bond acceptors (Lipinski definition) is 5. The topological polar surface area (TPSA) is 46.8 Å². The summed E-state index contributed by atoms with van der Waals surface area (Å²) in [7, 11) is 1.66. The SMILES string of the molecule is CCN(CC)c1ccc(/C=c2\sc3nc4ccccc4n3c2=O)c(OC)c1. The van der Waals surface area contributed by atoms with Gasteiger partial charge < -0.3 is 9.64 Å². The first kappa shape index (κ1) is 17.5. The molecule has 0 fully saturated rings. The molecule has 2 aromatic carbocycles. The number of hydrogen-bond donors (Lipinski definition) is 0. The van der Waals surface area contributed by atoms with E-state index in [2.05, 4.69) is 29.8 Å². The molecule has 5 nitrogen and oxygen atoms in total. The number of anilines is 1. The van der Waals surface area contributed by atoms with Gasteiger partial charge in [0.15, 0.2) is 4.96 Å². The molecule has 4 rings (SSSR count). The normalized spacial score (nSPS) is 12.2. The van der Waals surface area contributed by atoms with E-state index in [1.54, 1.807) is 11.5 Å². The summed E-state index contributed by atoms with van der Waals surface area (Å²) in [5.41, 5.74) is 3.65. The van der Waals surface area contributed by atoms with Crippen molar-refractivity contribution in [3.8, 4) is 5.75 Å². The lowest BCUT2D eigenvalue weighted by molar-refractivity contribution is 0.414. The Balaban J connectivity index is 1.86. The van der Waals surface area contributed by atoms with Crippen LogP contribution in [0.15, 0.2) is 47.3 Å². The van der Waals surface area contributed by atoms with Crippen LogP contribution >= 0.6 is 11.3 Å². The van der Waals surface area contributed by atoms with Gasteiger partial charge in [-0.2, -0.15) is 0 Å². The van der Waals surface area contributed by atoms with Gasteiger partial charge in [0, 0.05) is 30.4 Å². The first-order chi connectivity index (χ1) is 13.2. The van der Waals surface area contributed by atoms with Gasteiger partial charge in [0.1, 0.15) is 5.75 Å². The van der Waals surface area contributed by atoms with Crippen LogP contribution in [0.3, 0.4) is 0 Å². The second kappa shape index (κ2) is 7.04. The van der Waals surface area contributed by atoms with Crippen LogP contribution < -0.4 is 19.7 Å². The third-order valence-electron chi connectivity index (χ3n) is 4.78. The molecule has 0 bridgehead atoms. The van der Waals surface area contributed by atoms with Crippen molar-refractivity contribution in [1.29, 1.82) is 0 Å². The average molecular weight is 379 g/mol. The summed E-state index contributed by atoms with van der Waals surface area (Å²) in [5, 5.41) is 0. The Morgan fingerprint density at radius 1 is 1.19 bits per heavy atom. The first-order valence-corrected chi connectivity index (χ1v) is 9.82. The van der Waals surface area contributed by atoms with Crippen LogP contribution in [0.2, 0.25) is 0 Å². The molecule has 0 aliphatic carbocycles. The number of nitrogens with zero attached hydrogens (tertiary/aromatic N) is 3. The number of benzene rings is 2. The van der Waals surface area contributed by atoms with Gasteiger partial charge >= 0.3 is 0 Å². The Labute approximate surface area is 161 Å². The van der Waals surface area contributed by atoms with Gasteiger partial charge in [-0.1, -0.05) is 23.5 Å². The minimum absolute atomic E-state index is 0.0430. The number of ether oxygens (including phenoxy) is 1. The lowest BCUT2D eigenvalue weighted by Crippen LogP contribution is -2.23. The second-order valence-electron chi connectivity index (χ2n) is 6.23. The van der Waals surface area contributed by atoms with Crippen molar-refractivity contribution in [2.24, 2.45) is 0 Å². The largest absolute Gasteiger partial charge is 0.496 e. The fraction of sp³-hybridized carbons (Fsp3) is 0.238. The van der Waals surface area contributed by atoms with Crippen LogP contribution in [0.1, 0.15) is 19.4 Å². The standard InChI is InChI=1S/C21H21N3O2S/c1-4-23(5-2)15-11-10-14(18(13-15)26-3)12-19-20(25)24-17-9-7-6-8-16(17)22-21(24)27-19/h6-13H,4-5H2,1-3H3/b19-12-. The fourth-order valence-electron chi connectivity index (χ4n) is 3.36.